The first kappa shape index (κ1) is 21.5. The van der Waals surface area contributed by atoms with E-state index in [1.165, 1.54) is 0 Å². The highest BCUT2D eigenvalue weighted by atomic mass is 32.1. The summed E-state index contributed by atoms with van der Waals surface area (Å²) in [6.07, 6.45) is 3.94. The van der Waals surface area contributed by atoms with Gasteiger partial charge in [0.2, 0.25) is 5.91 Å². The zero-order valence-corrected chi connectivity index (χ0v) is 18.2. The summed E-state index contributed by atoms with van der Waals surface area (Å²) in [5, 5.41) is 11.1. The Bertz CT molecular complexity index is 917. The van der Waals surface area contributed by atoms with Gasteiger partial charge in [0.15, 0.2) is 0 Å². The number of thiophene rings is 1. The van der Waals surface area contributed by atoms with Crippen LogP contribution in [-0.2, 0) is 9.59 Å². The number of nitrogens with zero attached hydrogens (tertiary/aromatic N) is 4. The van der Waals surface area contributed by atoms with Gasteiger partial charge in [-0.1, -0.05) is 12.1 Å². The first-order valence-corrected chi connectivity index (χ1v) is 11.3. The molecule has 1 fully saturated rings. The third-order valence-electron chi connectivity index (χ3n) is 5.48. The van der Waals surface area contributed by atoms with Crippen molar-refractivity contribution >= 4 is 28.9 Å². The van der Waals surface area contributed by atoms with Gasteiger partial charge in [0.1, 0.15) is 11.5 Å². The van der Waals surface area contributed by atoms with Gasteiger partial charge in [-0.25, -0.2) is 5.01 Å². The molecule has 0 saturated carbocycles. The van der Waals surface area contributed by atoms with Gasteiger partial charge in [-0.3, -0.25) is 19.4 Å². The van der Waals surface area contributed by atoms with E-state index in [1.807, 2.05) is 29.6 Å². The van der Waals surface area contributed by atoms with Gasteiger partial charge in [-0.2, -0.15) is 5.10 Å². The Kier molecular flexibility index (Phi) is 6.96. The summed E-state index contributed by atoms with van der Waals surface area (Å²) in [6, 6.07) is 7.66. The molecule has 0 radical (unpaired) electrons. The van der Waals surface area contributed by atoms with Crippen LogP contribution in [0.1, 0.15) is 23.1 Å². The molecule has 8 nitrogen and oxygen atoms in total. The maximum absolute atomic E-state index is 13.2. The number of amides is 2. The van der Waals surface area contributed by atoms with Crippen LogP contribution in [-0.4, -0.2) is 78.1 Å². The van der Waals surface area contributed by atoms with Crippen LogP contribution in [0.25, 0.3) is 0 Å². The Labute approximate surface area is 185 Å². The smallest absolute Gasteiger partial charge is 0.257 e. The van der Waals surface area contributed by atoms with Gasteiger partial charge in [-0.15, -0.1) is 17.9 Å². The molecule has 4 rings (SSSR count). The molecule has 1 saturated heterocycles. The highest BCUT2D eigenvalue weighted by Crippen LogP contribution is 2.35. The molecule has 1 atom stereocenters. The molecule has 4 heterocycles. The second-order valence-corrected chi connectivity index (χ2v) is 8.62. The summed E-state index contributed by atoms with van der Waals surface area (Å²) in [4.78, 5) is 30.4. The molecule has 0 bridgehead atoms. The van der Waals surface area contributed by atoms with Crippen LogP contribution in [0, 0.1) is 0 Å². The summed E-state index contributed by atoms with van der Waals surface area (Å²) in [6.45, 7) is 7.77. The van der Waals surface area contributed by atoms with E-state index in [0.717, 1.165) is 36.8 Å². The summed E-state index contributed by atoms with van der Waals surface area (Å²) >= 11 is 1.64. The quantitative estimate of drug-likeness (QED) is 0.633. The lowest BCUT2D eigenvalue weighted by Gasteiger charge is -2.34. The van der Waals surface area contributed by atoms with E-state index in [4.69, 9.17) is 4.42 Å². The monoisotopic (exact) mass is 441 g/mol. The number of nitrogens with one attached hydrogen (secondary N) is 1. The Morgan fingerprint density at radius 1 is 1.19 bits per heavy atom. The summed E-state index contributed by atoms with van der Waals surface area (Å²) in [7, 11) is 0. The number of furan rings is 1. The molecule has 2 aromatic rings. The van der Waals surface area contributed by atoms with Crippen LogP contribution in [0.5, 0.6) is 0 Å². The molecular formula is C22H27N5O3S. The Hall–Kier alpha value is -2.75. The zero-order chi connectivity index (χ0) is 21.6. The Balaban J connectivity index is 1.35. The lowest BCUT2D eigenvalue weighted by Crippen LogP contribution is -2.51. The number of piperazine rings is 1. The average molecular weight is 442 g/mol. The van der Waals surface area contributed by atoms with E-state index in [1.54, 1.807) is 28.7 Å². The minimum atomic E-state index is -0.0950. The number of hydrazone groups is 1. The molecule has 164 valence electrons. The highest BCUT2D eigenvalue weighted by molar-refractivity contribution is 7.10. The first-order valence-electron chi connectivity index (χ1n) is 10.4. The predicted molar refractivity (Wildman–Crippen MR) is 120 cm³/mol. The van der Waals surface area contributed by atoms with Gasteiger partial charge in [0, 0.05) is 44.0 Å². The van der Waals surface area contributed by atoms with Crippen LogP contribution in [0.4, 0.5) is 0 Å². The fourth-order valence-electron chi connectivity index (χ4n) is 3.85. The van der Waals surface area contributed by atoms with Crippen LogP contribution in [0.2, 0.25) is 0 Å². The molecule has 2 aromatic heterocycles. The van der Waals surface area contributed by atoms with Gasteiger partial charge in [0.25, 0.3) is 5.91 Å². The highest BCUT2D eigenvalue weighted by Gasteiger charge is 2.35. The van der Waals surface area contributed by atoms with Gasteiger partial charge >= 0.3 is 0 Å². The SMILES string of the molecule is C=CCNC(=O)CN1CCN(CC(=O)N2N=C(c3ccco3)CC2c2cccs2)CC1. The average Bonchev–Trinajstić information content (AvgIpc) is 3.54. The number of carbonyl (C=O) groups excluding carboxylic acids is 2. The van der Waals surface area contributed by atoms with Crippen LogP contribution in [0.15, 0.2) is 58.1 Å². The number of hydrogen-bond acceptors (Lipinski definition) is 7. The fraction of sp³-hybridized carbons (Fsp3) is 0.409. The third-order valence-corrected chi connectivity index (χ3v) is 6.45. The van der Waals surface area contributed by atoms with Gasteiger partial charge in [0.05, 0.1) is 25.4 Å². The molecule has 2 aliphatic rings. The van der Waals surface area contributed by atoms with Crippen molar-refractivity contribution in [1.82, 2.24) is 20.1 Å². The van der Waals surface area contributed by atoms with Crippen molar-refractivity contribution in [1.29, 1.82) is 0 Å². The van der Waals surface area contributed by atoms with Crippen molar-refractivity contribution in [3.63, 3.8) is 0 Å². The zero-order valence-electron chi connectivity index (χ0n) is 17.4. The minimum Gasteiger partial charge on any atom is -0.463 e. The Morgan fingerprint density at radius 3 is 2.61 bits per heavy atom. The van der Waals surface area contributed by atoms with Crippen LogP contribution in [0.3, 0.4) is 0 Å². The van der Waals surface area contributed by atoms with Crippen molar-refractivity contribution in [3.8, 4) is 0 Å². The molecule has 0 spiro atoms. The van der Waals surface area contributed by atoms with Gasteiger partial charge < -0.3 is 9.73 Å². The standard InChI is InChI=1S/C22H27N5O3S/c1-2-7-23-21(28)15-25-8-10-26(11-9-25)16-22(29)27-18(20-6-4-13-31-20)14-17(24-27)19-5-3-12-30-19/h2-6,12-13,18H,1,7-11,14-16H2,(H,23,28). The summed E-state index contributed by atoms with van der Waals surface area (Å²) < 4.78 is 5.51. The van der Waals surface area contributed by atoms with Crippen molar-refractivity contribution in [2.75, 3.05) is 45.8 Å². The van der Waals surface area contributed by atoms with Crippen molar-refractivity contribution < 1.29 is 14.0 Å². The Morgan fingerprint density at radius 2 is 1.97 bits per heavy atom. The fourth-order valence-corrected chi connectivity index (χ4v) is 4.66. The van der Waals surface area contributed by atoms with Crippen LogP contribution < -0.4 is 5.32 Å². The van der Waals surface area contributed by atoms with Gasteiger partial charge in [-0.05, 0) is 23.6 Å². The molecule has 31 heavy (non-hydrogen) atoms. The summed E-state index contributed by atoms with van der Waals surface area (Å²) in [5.41, 5.74) is 0.798. The van der Waals surface area contributed by atoms with E-state index >= 15 is 0 Å². The molecule has 1 N–H and O–H groups in total. The first-order chi connectivity index (χ1) is 15.1. The van der Waals surface area contributed by atoms with E-state index < -0.39 is 0 Å². The summed E-state index contributed by atoms with van der Waals surface area (Å²) in [5.74, 6) is 0.692. The maximum atomic E-state index is 13.2. The van der Waals surface area contributed by atoms with Crippen molar-refractivity contribution in [2.24, 2.45) is 5.10 Å². The van der Waals surface area contributed by atoms with Crippen molar-refractivity contribution in [2.45, 2.75) is 12.5 Å². The number of rotatable bonds is 8. The van der Waals surface area contributed by atoms with E-state index in [-0.39, 0.29) is 17.9 Å². The van der Waals surface area contributed by atoms with Crippen LogP contribution >= 0.6 is 11.3 Å². The molecular weight excluding hydrogens is 414 g/mol. The second-order valence-electron chi connectivity index (χ2n) is 7.64. The molecule has 2 aliphatic heterocycles. The number of carbonyl (C=O) groups is 2. The molecule has 1 unspecified atom stereocenters. The second kappa shape index (κ2) is 10.0. The molecule has 0 aromatic carbocycles. The van der Waals surface area contributed by atoms with Crippen molar-refractivity contribution in [3.05, 3.63) is 59.2 Å². The lowest BCUT2D eigenvalue weighted by atomic mass is 10.1. The molecule has 2 amide bonds. The predicted octanol–water partition coefficient (Wildman–Crippen LogP) is 1.94. The topological polar surface area (TPSA) is 81.4 Å². The van der Waals surface area contributed by atoms with E-state index in [2.05, 4.69) is 26.8 Å². The number of hydrogen-bond donors (Lipinski definition) is 1. The lowest BCUT2D eigenvalue weighted by molar-refractivity contribution is -0.135. The normalized spacial score (nSPS) is 19.9. The van der Waals surface area contributed by atoms with E-state index in [0.29, 0.717) is 31.8 Å². The van der Waals surface area contributed by atoms with E-state index in [9.17, 15) is 9.59 Å². The molecule has 9 heteroatoms. The molecule has 0 aliphatic carbocycles. The largest absolute Gasteiger partial charge is 0.463 e. The minimum absolute atomic E-state index is 0.0000699. The third kappa shape index (κ3) is 5.30. The maximum Gasteiger partial charge on any atom is 0.257 e.